The highest BCUT2D eigenvalue weighted by molar-refractivity contribution is 7.81. The van der Waals surface area contributed by atoms with E-state index in [0.29, 0.717) is 0 Å². The van der Waals surface area contributed by atoms with E-state index in [1.54, 1.807) is 0 Å². The van der Waals surface area contributed by atoms with Crippen LogP contribution in [0, 0.1) is 5.92 Å². The van der Waals surface area contributed by atoms with Gasteiger partial charge in [-0.05, 0) is 57.8 Å². The summed E-state index contributed by atoms with van der Waals surface area (Å²) in [6.07, 6.45) is 5.35. The van der Waals surface area contributed by atoms with Gasteiger partial charge in [0, 0.05) is 10.8 Å². The molecule has 0 aromatic heterocycles. The van der Waals surface area contributed by atoms with Crippen LogP contribution < -0.4 is 5.32 Å². The fourth-order valence-electron chi connectivity index (χ4n) is 3.14. The van der Waals surface area contributed by atoms with Crippen molar-refractivity contribution in [3.8, 4) is 0 Å². The highest BCUT2D eigenvalue weighted by Crippen LogP contribution is 2.33. The van der Waals surface area contributed by atoms with Gasteiger partial charge in [0.25, 0.3) is 0 Å². The highest BCUT2D eigenvalue weighted by atomic mass is 32.1. The summed E-state index contributed by atoms with van der Waals surface area (Å²) in [6, 6.07) is 0.852. The van der Waals surface area contributed by atoms with Gasteiger partial charge in [-0.15, -0.1) is 0 Å². The molecule has 0 unspecified atom stereocenters. The summed E-state index contributed by atoms with van der Waals surface area (Å²) in [5, 5.41) is 3.45. The van der Waals surface area contributed by atoms with Crippen molar-refractivity contribution in [2.24, 2.45) is 5.92 Å². The fraction of sp³-hybridized carbons (Fsp3) is 1.00. The Morgan fingerprint density at radius 2 is 1.62 bits per heavy atom. The first-order valence-corrected chi connectivity index (χ1v) is 7.19. The maximum absolute atomic E-state index is 4.73. The fourth-order valence-corrected chi connectivity index (χ4v) is 3.40. The molecule has 2 rings (SSSR count). The van der Waals surface area contributed by atoms with Crippen molar-refractivity contribution in [1.82, 2.24) is 10.2 Å². The van der Waals surface area contributed by atoms with Crippen LogP contribution >= 0.6 is 12.6 Å². The lowest BCUT2D eigenvalue weighted by Crippen LogP contribution is -2.48. The predicted molar refractivity (Wildman–Crippen MR) is 73.3 cm³/mol. The minimum Gasteiger partial charge on any atom is -0.317 e. The molecule has 0 amide bonds. The van der Waals surface area contributed by atoms with Crippen molar-refractivity contribution in [1.29, 1.82) is 0 Å². The van der Waals surface area contributed by atoms with Crippen LogP contribution in [0.1, 0.15) is 39.5 Å². The Labute approximate surface area is 106 Å². The molecule has 2 saturated heterocycles. The van der Waals surface area contributed by atoms with Gasteiger partial charge < -0.3 is 10.2 Å². The second kappa shape index (κ2) is 5.28. The first kappa shape index (κ1) is 12.7. The molecule has 2 heterocycles. The second-order valence-electron chi connectivity index (χ2n) is 5.95. The molecule has 94 valence electrons. The van der Waals surface area contributed by atoms with Gasteiger partial charge in [0.2, 0.25) is 0 Å². The third-order valence-corrected chi connectivity index (χ3v) is 4.72. The van der Waals surface area contributed by atoms with Crippen LogP contribution in [0.25, 0.3) is 0 Å². The number of nitrogens with zero attached hydrogens (tertiary/aromatic N) is 1. The van der Waals surface area contributed by atoms with Gasteiger partial charge in [-0.3, -0.25) is 0 Å². The molecule has 0 spiro atoms. The molecule has 0 saturated carbocycles. The molecule has 0 bridgehead atoms. The molecule has 0 aromatic carbocycles. The number of likely N-dealkylation sites (tertiary alicyclic amines) is 1. The molecule has 3 heteroatoms. The molecule has 0 aromatic rings. The van der Waals surface area contributed by atoms with Gasteiger partial charge in [-0.1, -0.05) is 13.8 Å². The van der Waals surface area contributed by atoms with Crippen LogP contribution in [0.5, 0.6) is 0 Å². The monoisotopic (exact) mass is 242 g/mol. The topological polar surface area (TPSA) is 15.3 Å². The van der Waals surface area contributed by atoms with Gasteiger partial charge in [-0.25, -0.2) is 0 Å². The van der Waals surface area contributed by atoms with Crippen molar-refractivity contribution in [2.45, 2.75) is 50.3 Å². The molecule has 0 radical (unpaired) electrons. The van der Waals surface area contributed by atoms with E-state index in [4.69, 9.17) is 12.6 Å². The number of rotatable bonds is 2. The van der Waals surface area contributed by atoms with Crippen molar-refractivity contribution >= 4 is 12.6 Å². The lowest BCUT2D eigenvalue weighted by atomic mass is 9.85. The van der Waals surface area contributed by atoms with Crippen LogP contribution in [0.3, 0.4) is 0 Å². The summed E-state index contributed by atoms with van der Waals surface area (Å²) in [6.45, 7) is 9.53. The summed E-state index contributed by atoms with van der Waals surface area (Å²) in [7, 11) is 0. The SMILES string of the molecule is CC(C)(S)C1CCN(C2CCNCC2)CC1. The van der Waals surface area contributed by atoms with E-state index in [-0.39, 0.29) is 4.75 Å². The van der Waals surface area contributed by atoms with E-state index >= 15 is 0 Å². The number of hydrogen-bond acceptors (Lipinski definition) is 3. The van der Waals surface area contributed by atoms with E-state index < -0.39 is 0 Å². The zero-order valence-electron chi connectivity index (χ0n) is 10.7. The van der Waals surface area contributed by atoms with Crippen LogP contribution in [0.4, 0.5) is 0 Å². The standard InChI is InChI=1S/C13H26N2S/c1-13(2,16)11-5-9-15(10-6-11)12-3-7-14-8-4-12/h11-12,14,16H,3-10H2,1-2H3. The summed E-state index contributed by atoms with van der Waals surface area (Å²) < 4.78 is 0.209. The van der Waals surface area contributed by atoms with Crippen molar-refractivity contribution in [3.63, 3.8) is 0 Å². The number of thiol groups is 1. The maximum Gasteiger partial charge on any atom is 0.0119 e. The minimum atomic E-state index is 0.209. The van der Waals surface area contributed by atoms with Gasteiger partial charge in [0.15, 0.2) is 0 Å². The maximum atomic E-state index is 4.73. The smallest absolute Gasteiger partial charge is 0.0119 e. The lowest BCUT2D eigenvalue weighted by molar-refractivity contribution is 0.103. The van der Waals surface area contributed by atoms with Crippen molar-refractivity contribution in [2.75, 3.05) is 26.2 Å². The zero-order valence-corrected chi connectivity index (χ0v) is 11.6. The quantitative estimate of drug-likeness (QED) is 0.722. The molecule has 16 heavy (non-hydrogen) atoms. The van der Waals surface area contributed by atoms with Gasteiger partial charge in [0.05, 0.1) is 0 Å². The summed E-state index contributed by atoms with van der Waals surface area (Å²) in [5.41, 5.74) is 0. The molecule has 2 nitrogen and oxygen atoms in total. The van der Waals surface area contributed by atoms with Crippen LogP contribution in [0.15, 0.2) is 0 Å². The van der Waals surface area contributed by atoms with Crippen molar-refractivity contribution in [3.05, 3.63) is 0 Å². The van der Waals surface area contributed by atoms with E-state index in [1.165, 1.54) is 51.9 Å². The summed E-state index contributed by atoms with van der Waals surface area (Å²) >= 11 is 4.73. The normalized spacial score (nSPS) is 27.2. The highest BCUT2D eigenvalue weighted by Gasteiger charge is 2.32. The summed E-state index contributed by atoms with van der Waals surface area (Å²) in [4.78, 5) is 2.72. The zero-order chi connectivity index (χ0) is 11.6. The first-order chi connectivity index (χ1) is 7.57. The van der Waals surface area contributed by atoms with Gasteiger partial charge in [-0.2, -0.15) is 12.6 Å². The largest absolute Gasteiger partial charge is 0.317 e. The second-order valence-corrected chi connectivity index (χ2v) is 7.10. The first-order valence-electron chi connectivity index (χ1n) is 6.74. The predicted octanol–water partition coefficient (Wildman–Crippen LogP) is 2.16. The molecular weight excluding hydrogens is 216 g/mol. The van der Waals surface area contributed by atoms with E-state index in [1.807, 2.05) is 0 Å². The molecule has 2 fully saturated rings. The molecule has 0 aliphatic carbocycles. The Bertz CT molecular complexity index is 210. The number of piperidine rings is 2. The molecule has 1 N–H and O–H groups in total. The van der Waals surface area contributed by atoms with Crippen molar-refractivity contribution < 1.29 is 0 Å². The molecule has 2 aliphatic rings. The van der Waals surface area contributed by atoms with Crippen LogP contribution in [-0.2, 0) is 0 Å². The Morgan fingerprint density at radius 3 is 2.12 bits per heavy atom. The van der Waals surface area contributed by atoms with E-state index in [9.17, 15) is 0 Å². The number of nitrogens with one attached hydrogen (secondary N) is 1. The lowest BCUT2D eigenvalue weighted by Gasteiger charge is -2.42. The molecular formula is C13H26N2S. The van der Waals surface area contributed by atoms with E-state index in [2.05, 4.69) is 24.1 Å². The Morgan fingerprint density at radius 1 is 1.06 bits per heavy atom. The van der Waals surface area contributed by atoms with Crippen LogP contribution in [-0.4, -0.2) is 41.9 Å². The third kappa shape index (κ3) is 3.14. The third-order valence-electron chi connectivity index (χ3n) is 4.35. The average Bonchev–Trinajstić information content (AvgIpc) is 2.29. The number of hydrogen-bond donors (Lipinski definition) is 2. The summed E-state index contributed by atoms with van der Waals surface area (Å²) in [5.74, 6) is 0.800. The molecule has 2 aliphatic heterocycles. The van der Waals surface area contributed by atoms with Crippen LogP contribution in [0.2, 0.25) is 0 Å². The van der Waals surface area contributed by atoms with Gasteiger partial charge in [0.1, 0.15) is 0 Å². The Hall–Kier alpha value is 0.270. The molecule has 0 atom stereocenters. The average molecular weight is 242 g/mol. The minimum absolute atomic E-state index is 0.209. The Kier molecular flexibility index (Phi) is 4.20. The van der Waals surface area contributed by atoms with Gasteiger partial charge >= 0.3 is 0 Å². The van der Waals surface area contributed by atoms with E-state index in [0.717, 1.165) is 12.0 Å². The Balaban J connectivity index is 1.80.